The van der Waals surface area contributed by atoms with Crippen molar-refractivity contribution in [1.82, 2.24) is 0 Å². The Morgan fingerprint density at radius 3 is 2.24 bits per heavy atom. The zero-order valence-corrected chi connectivity index (χ0v) is 10.9. The highest BCUT2D eigenvalue weighted by molar-refractivity contribution is 5.80. The van der Waals surface area contributed by atoms with Gasteiger partial charge in [-0.05, 0) is 25.8 Å². The third-order valence-corrected chi connectivity index (χ3v) is 2.63. The molecule has 0 bridgehead atoms. The van der Waals surface area contributed by atoms with Crippen molar-refractivity contribution in [1.29, 1.82) is 0 Å². The first kappa shape index (κ1) is 15.4. The van der Waals surface area contributed by atoms with Gasteiger partial charge in [-0.3, -0.25) is 4.79 Å². The quantitative estimate of drug-likeness (QED) is 0.799. The van der Waals surface area contributed by atoms with Crippen LogP contribution in [-0.2, 0) is 10.2 Å². The van der Waals surface area contributed by atoms with Crippen molar-refractivity contribution in [2.45, 2.75) is 39.0 Å². The van der Waals surface area contributed by atoms with E-state index in [1.165, 1.54) is 0 Å². The van der Waals surface area contributed by atoms with Gasteiger partial charge in [-0.1, -0.05) is 49.8 Å². The molecule has 0 saturated heterocycles. The molecule has 1 aromatic carbocycles. The number of allylic oxidation sites excluding steroid dienone is 1. The van der Waals surface area contributed by atoms with E-state index in [1.807, 2.05) is 44.2 Å². The van der Waals surface area contributed by atoms with Crippen LogP contribution in [0.2, 0.25) is 0 Å². The minimum absolute atomic E-state index is 0.673. The van der Waals surface area contributed by atoms with Gasteiger partial charge < -0.3 is 5.11 Å². The van der Waals surface area contributed by atoms with Gasteiger partial charge in [0.25, 0.3) is 0 Å². The standard InChI is InChI=1S/C12H16O2.C3H6/c1-3-9-12(2,11(13)14)10-7-5-4-6-8-10;1-3-2/h4-8H,3,9H2,1-2H3,(H,13,14);3H,1H2,2H3. The molecule has 0 amide bonds. The molecule has 2 nitrogen and oxygen atoms in total. The first-order chi connectivity index (χ1) is 8.02. The number of carbonyl (C=O) groups is 1. The van der Waals surface area contributed by atoms with Gasteiger partial charge in [-0.25, -0.2) is 0 Å². The van der Waals surface area contributed by atoms with Crippen LogP contribution in [-0.4, -0.2) is 11.1 Å². The van der Waals surface area contributed by atoms with Crippen LogP contribution < -0.4 is 0 Å². The fourth-order valence-electron chi connectivity index (χ4n) is 1.68. The molecule has 0 aromatic heterocycles. The first-order valence-electron chi connectivity index (χ1n) is 5.88. The summed E-state index contributed by atoms with van der Waals surface area (Å²) < 4.78 is 0. The highest BCUT2D eigenvalue weighted by Gasteiger charge is 2.33. The molecule has 0 aliphatic heterocycles. The topological polar surface area (TPSA) is 37.3 Å². The number of hydrogen-bond donors (Lipinski definition) is 1. The Morgan fingerprint density at radius 2 is 1.88 bits per heavy atom. The van der Waals surface area contributed by atoms with Crippen molar-refractivity contribution >= 4 is 5.97 Å². The van der Waals surface area contributed by atoms with E-state index in [0.29, 0.717) is 6.42 Å². The molecule has 94 valence electrons. The van der Waals surface area contributed by atoms with Crippen LogP contribution in [0.25, 0.3) is 0 Å². The van der Waals surface area contributed by atoms with E-state index in [0.717, 1.165) is 12.0 Å². The van der Waals surface area contributed by atoms with Crippen molar-refractivity contribution in [3.05, 3.63) is 48.6 Å². The van der Waals surface area contributed by atoms with Gasteiger partial charge in [0, 0.05) is 0 Å². The SMILES string of the molecule is C=CC.CCCC(C)(C(=O)O)c1ccccc1. The first-order valence-corrected chi connectivity index (χ1v) is 5.88. The second kappa shape index (κ2) is 7.66. The highest BCUT2D eigenvalue weighted by Crippen LogP contribution is 2.28. The average Bonchev–Trinajstić information content (AvgIpc) is 2.31. The molecule has 0 fully saturated rings. The van der Waals surface area contributed by atoms with E-state index in [9.17, 15) is 9.90 Å². The average molecular weight is 234 g/mol. The van der Waals surface area contributed by atoms with Gasteiger partial charge in [0.1, 0.15) is 0 Å². The van der Waals surface area contributed by atoms with Gasteiger partial charge >= 0.3 is 5.97 Å². The van der Waals surface area contributed by atoms with Gasteiger partial charge in [-0.15, -0.1) is 6.58 Å². The number of hydrogen-bond acceptors (Lipinski definition) is 1. The summed E-state index contributed by atoms with van der Waals surface area (Å²) >= 11 is 0. The number of carboxylic acid groups (broad SMARTS) is 1. The Labute approximate surface area is 104 Å². The van der Waals surface area contributed by atoms with E-state index in [1.54, 1.807) is 13.0 Å². The largest absolute Gasteiger partial charge is 0.481 e. The molecule has 0 spiro atoms. The summed E-state index contributed by atoms with van der Waals surface area (Å²) in [5.74, 6) is -0.745. The van der Waals surface area contributed by atoms with E-state index >= 15 is 0 Å². The minimum Gasteiger partial charge on any atom is -0.481 e. The monoisotopic (exact) mass is 234 g/mol. The van der Waals surface area contributed by atoms with Crippen molar-refractivity contribution in [3.8, 4) is 0 Å². The Bertz CT molecular complexity index is 343. The Kier molecular flexibility index (Phi) is 6.95. The molecule has 0 heterocycles. The van der Waals surface area contributed by atoms with Crippen LogP contribution in [0.3, 0.4) is 0 Å². The van der Waals surface area contributed by atoms with Gasteiger partial charge in [0.15, 0.2) is 0 Å². The van der Waals surface area contributed by atoms with Crippen molar-refractivity contribution in [2.75, 3.05) is 0 Å². The van der Waals surface area contributed by atoms with Crippen LogP contribution in [0.5, 0.6) is 0 Å². The number of benzene rings is 1. The lowest BCUT2D eigenvalue weighted by Gasteiger charge is -2.24. The Balaban J connectivity index is 0.000000770. The molecule has 0 aliphatic carbocycles. The van der Waals surface area contributed by atoms with Crippen molar-refractivity contribution in [2.24, 2.45) is 0 Å². The third-order valence-electron chi connectivity index (χ3n) is 2.63. The van der Waals surface area contributed by atoms with Crippen LogP contribution in [0.1, 0.15) is 39.2 Å². The molecule has 1 atom stereocenters. The maximum absolute atomic E-state index is 11.2. The molecule has 1 N–H and O–H groups in total. The van der Waals surface area contributed by atoms with Crippen LogP contribution >= 0.6 is 0 Å². The predicted molar refractivity (Wildman–Crippen MR) is 72.2 cm³/mol. The molecular weight excluding hydrogens is 212 g/mol. The molecule has 2 heteroatoms. The fourth-order valence-corrected chi connectivity index (χ4v) is 1.68. The van der Waals surface area contributed by atoms with Gasteiger partial charge in [0.05, 0.1) is 5.41 Å². The fraction of sp³-hybridized carbons (Fsp3) is 0.400. The van der Waals surface area contributed by atoms with Crippen LogP contribution in [0, 0.1) is 0 Å². The Morgan fingerprint density at radius 1 is 1.41 bits per heavy atom. The smallest absolute Gasteiger partial charge is 0.313 e. The van der Waals surface area contributed by atoms with E-state index in [-0.39, 0.29) is 0 Å². The zero-order valence-electron chi connectivity index (χ0n) is 10.9. The summed E-state index contributed by atoms with van der Waals surface area (Å²) in [5, 5.41) is 9.22. The van der Waals surface area contributed by atoms with Crippen molar-refractivity contribution in [3.63, 3.8) is 0 Å². The summed E-state index contributed by atoms with van der Waals surface area (Å²) in [6.45, 7) is 9.04. The maximum Gasteiger partial charge on any atom is 0.313 e. The summed E-state index contributed by atoms with van der Waals surface area (Å²) in [6, 6.07) is 9.42. The molecule has 0 aliphatic rings. The minimum atomic E-state index is -0.745. The second-order valence-electron chi connectivity index (χ2n) is 4.16. The molecule has 0 saturated carbocycles. The van der Waals surface area contributed by atoms with Crippen LogP contribution in [0.15, 0.2) is 43.0 Å². The summed E-state index contributed by atoms with van der Waals surface area (Å²) in [4.78, 5) is 11.2. The van der Waals surface area contributed by atoms with Gasteiger partial charge in [-0.2, -0.15) is 0 Å². The summed E-state index contributed by atoms with van der Waals surface area (Å²) in [7, 11) is 0. The number of aliphatic carboxylic acids is 1. The Hall–Kier alpha value is -1.57. The molecule has 1 unspecified atom stereocenters. The zero-order chi connectivity index (χ0) is 13.3. The third kappa shape index (κ3) is 4.43. The molecule has 1 aromatic rings. The van der Waals surface area contributed by atoms with E-state index in [2.05, 4.69) is 6.58 Å². The highest BCUT2D eigenvalue weighted by atomic mass is 16.4. The van der Waals surface area contributed by atoms with Gasteiger partial charge in [0.2, 0.25) is 0 Å². The number of carboxylic acids is 1. The molecule has 1 rings (SSSR count). The normalized spacial score (nSPS) is 12.9. The summed E-state index contributed by atoms with van der Waals surface area (Å²) in [5.41, 5.74) is 0.144. The van der Waals surface area contributed by atoms with E-state index < -0.39 is 11.4 Å². The van der Waals surface area contributed by atoms with Crippen LogP contribution in [0.4, 0.5) is 0 Å². The number of rotatable bonds is 4. The maximum atomic E-state index is 11.2. The summed E-state index contributed by atoms with van der Waals surface area (Å²) in [6.07, 6.45) is 3.30. The molecule has 17 heavy (non-hydrogen) atoms. The molecular formula is C15H22O2. The second-order valence-corrected chi connectivity index (χ2v) is 4.16. The predicted octanol–water partition coefficient (Wildman–Crippen LogP) is 4.02. The lowest BCUT2D eigenvalue weighted by molar-refractivity contribution is -0.143. The molecule has 0 radical (unpaired) electrons. The van der Waals surface area contributed by atoms with Crippen molar-refractivity contribution < 1.29 is 9.90 Å². The lowest BCUT2D eigenvalue weighted by Crippen LogP contribution is -2.32. The lowest BCUT2D eigenvalue weighted by atomic mass is 9.79. The van der Waals surface area contributed by atoms with E-state index in [4.69, 9.17) is 0 Å².